The van der Waals surface area contributed by atoms with E-state index in [1.807, 2.05) is 38.1 Å². The van der Waals surface area contributed by atoms with Crippen molar-refractivity contribution in [3.05, 3.63) is 54.0 Å². The summed E-state index contributed by atoms with van der Waals surface area (Å²) < 4.78 is 41.5. The van der Waals surface area contributed by atoms with Crippen LogP contribution in [0.15, 0.2) is 47.1 Å². The Kier molecular flexibility index (Phi) is 9.63. The molecule has 1 aromatic heterocycles. The predicted molar refractivity (Wildman–Crippen MR) is 134 cm³/mol. The summed E-state index contributed by atoms with van der Waals surface area (Å²) in [4.78, 5) is 0. The molecular weight excluding hydrogens is 480 g/mol. The Bertz CT molecular complexity index is 930. The first kappa shape index (κ1) is 28.0. The van der Waals surface area contributed by atoms with Crippen molar-refractivity contribution >= 4 is 0 Å². The zero-order valence-electron chi connectivity index (χ0n) is 22.1. The smallest absolute Gasteiger partial charge is 0.163 e. The molecule has 0 radical (unpaired) electrons. The van der Waals surface area contributed by atoms with Crippen molar-refractivity contribution in [3.63, 3.8) is 0 Å². The lowest BCUT2D eigenvalue weighted by molar-refractivity contribution is -0.148. The van der Waals surface area contributed by atoms with Gasteiger partial charge in [-0.05, 0) is 50.1 Å². The Labute approximate surface area is 218 Å². The van der Waals surface area contributed by atoms with Crippen molar-refractivity contribution in [2.24, 2.45) is 0 Å². The molecule has 0 saturated carbocycles. The van der Waals surface area contributed by atoms with Crippen LogP contribution in [-0.2, 0) is 30.3 Å². The number of hydrogen-bond donors (Lipinski definition) is 2. The molecule has 2 aliphatic rings. The number of furan rings is 1. The van der Waals surface area contributed by atoms with E-state index in [0.29, 0.717) is 19.6 Å². The summed E-state index contributed by atoms with van der Waals surface area (Å²) in [6.45, 7) is 7.10. The molecule has 2 aliphatic heterocycles. The Morgan fingerprint density at radius 1 is 1.08 bits per heavy atom. The highest BCUT2D eigenvalue weighted by Gasteiger charge is 2.52. The third-order valence-corrected chi connectivity index (χ3v) is 6.81. The first-order valence-electron chi connectivity index (χ1n) is 13.0. The number of methoxy groups -OCH3 is 1. The van der Waals surface area contributed by atoms with Crippen LogP contribution in [0.25, 0.3) is 0 Å². The van der Waals surface area contributed by atoms with Crippen LogP contribution >= 0.6 is 0 Å². The monoisotopic (exact) mass is 520 g/mol. The van der Waals surface area contributed by atoms with Crippen molar-refractivity contribution in [1.82, 2.24) is 0 Å². The summed E-state index contributed by atoms with van der Waals surface area (Å²) in [6.07, 6.45) is -1.35. The topological polar surface area (TPSA) is 109 Å². The number of unbranched alkanes of at least 4 members (excludes halogenated alkanes) is 1. The number of aliphatic hydroxyl groups is 2. The van der Waals surface area contributed by atoms with Gasteiger partial charge in [0.15, 0.2) is 5.79 Å². The number of aliphatic hydroxyl groups excluding tert-OH is 2. The maximum atomic E-state index is 11.2. The van der Waals surface area contributed by atoms with Gasteiger partial charge in [-0.25, -0.2) is 0 Å². The molecule has 9 heteroatoms. The number of ether oxygens (including phenoxy) is 6. The third kappa shape index (κ3) is 7.11. The second-order valence-electron chi connectivity index (χ2n) is 10.1. The minimum Gasteiger partial charge on any atom is -0.497 e. The van der Waals surface area contributed by atoms with Crippen LogP contribution in [0.4, 0.5) is 0 Å². The van der Waals surface area contributed by atoms with E-state index in [9.17, 15) is 10.2 Å². The summed E-state index contributed by atoms with van der Waals surface area (Å²) in [5.74, 6) is 0.345. The Balaban J connectivity index is 1.55. The number of rotatable bonds is 13. The second kappa shape index (κ2) is 12.7. The first-order chi connectivity index (χ1) is 17.8. The van der Waals surface area contributed by atoms with Gasteiger partial charge in [-0.1, -0.05) is 25.5 Å². The fourth-order valence-corrected chi connectivity index (χ4v) is 4.84. The second-order valence-corrected chi connectivity index (χ2v) is 10.1. The minimum atomic E-state index is -1.30. The zero-order chi connectivity index (χ0) is 26.4. The molecule has 2 saturated heterocycles. The predicted octanol–water partition coefficient (Wildman–Crippen LogP) is 3.76. The number of hydrogen-bond acceptors (Lipinski definition) is 9. The Hall–Kier alpha value is -1.98. The highest BCUT2D eigenvalue weighted by molar-refractivity contribution is 5.26. The molecule has 0 spiro atoms. The van der Waals surface area contributed by atoms with Gasteiger partial charge in [0.25, 0.3) is 0 Å². The molecule has 0 bridgehead atoms. The number of benzene rings is 1. The fraction of sp³-hybridized carbons (Fsp3) is 0.643. The average Bonchev–Trinajstić information content (AvgIpc) is 3.62. The Morgan fingerprint density at radius 3 is 2.49 bits per heavy atom. The summed E-state index contributed by atoms with van der Waals surface area (Å²) in [5, 5.41) is 22.1. The summed E-state index contributed by atoms with van der Waals surface area (Å²) in [6, 6.07) is 10.9. The molecule has 0 aliphatic carbocycles. The van der Waals surface area contributed by atoms with Crippen molar-refractivity contribution in [3.8, 4) is 5.75 Å². The molecule has 37 heavy (non-hydrogen) atoms. The van der Waals surface area contributed by atoms with E-state index in [1.165, 1.54) is 6.26 Å². The maximum Gasteiger partial charge on any atom is 0.163 e. The molecule has 0 unspecified atom stereocenters. The highest BCUT2D eigenvalue weighted by atomic mass is 16.7. The molecule has 3 heterocycles. The molecule has 2 aromatic rings. The van der Waals surface area contributed by atoms with Crippen LogP contribution < -0.4 is 4.74 Å². The first-order valence-corrected chi connectivity index (χ1v) is 13.0. The van der Waals surface area contributed by atoms with E-state index in [1.54, 1.807) is 19.2 Å². The van der Waals surface area contributed by atoms with E-state index in [-0.39, 0.29) is 18.5 Å². The van der Waals surface area contributed by atoms with Gasteiger partial charge in [0.1, 0.15) is 42.0 Å². The molecule has 2 N–H and O–H groups in total. The lowest BCUT2D eigenvalue weighted by Gasteiger charge is -2.28. The zero-order valence-corrected chi connectivity index (χ0v) is 22.1. The molecule has 7 atom stereocenters. The van der Waals surface area contributed by atoms with Gasteiger partial charge < -0.3 is 43.1 Å². The molecular formula is C28H40O9. The minimum absolute atomic E-state index is 0.189. The van der Waals surface area contributed by atoms with Crippen LogP contribution in [0.3, 0.4) is 0 Å². The molecule has 206 valence electrons. The van der Waals surface area contributed by atoms with Crippen molar-refractivity contribution in [2.75, 3.05) is 20.3 Å². The van der Waals surface area contributed by atoms with E-state index >= 15 is 0 Å². The molecule has 1 aromatic carbocycles. The van der Waals surface area contributed by atoms with Gasteiger partial charge in [-0.15, -0.1) is 0 Å². The van der Waals surface area contributed by atoms with Gasteiger partial charge >= 0.3 is 0 Å². The van der Waals surface area contributed by atoms with E-state index < -0.39 is 42.4 Å². The van der Waals surface area contributed by atoms with Crippen molar-refractivity contribution in [1.29, 1.82) is 0 Å². The lowest BCUT2D eigenvalue weighted by atomic mass is 9.97. The van der Waals surface area contributed by atoms with E-state index in [0.717, 1.165) is 24.2 Å². The van der Waals surface area contributed by atoms with Crippen LogP contribution in [0.2, 0.25) is 0 Å². The van der Waals surface area contributed by atoms with Gasteiger partial charge in [0, 0.05) is 13.0 Å². The third-order valence-electron chi connectivity index (χ3n) is 6.81. The van der Waals surface area contributed by atoms with E-state index in [4.69, 9.17) is 32.8 Å². The standard InChI is InChI=1S/C28H40O9/c1-5-6-13-33-25-22(15-20-17-35-28(2,3)37-20)36-26(24(30)23(29)21-8-7-14-32-21)27(25)34-16-18-9-11-19(31-4)12-10-18/h7-12,14,20,22-27,29-30H,5-6,13,15-17H2,1-4H3/t20-,22-,23+,24-,25+,26+,27-/m1/s1. The normalized spacial score (nSPS) is 28.9. The Morgan fingerprint density at radius 2 is 1.86 bits per heavy atom. The quantitative estimate of drug-likeness (QED) is 0.382. The van der Waals surface area contributed by atoms with Crippen LogP contribution in [0.5, 0.6) is 5.75 Å². The lowest BCUT2D eigenvalue weighted by Crippen LogP contribution is -2.44. The van der Waals surface area contributed by atoms with Crippen molar-refractivity contribution < 1.29 is 43.1 Å². The largest absolute Gasteiger partial charge is 0.497 e. The molecule has 9 nitrogen and oxygen atoms in total. The van der Waals surface area contributed by atoms with Gasteiger partial charge in [-0.2, -0.15) is 0 Å². The van der Waals surface area contributed by atoms with Gasteiger partial charge in [-0.3, -0.25) is 0 Å². The maximum absolute atomic E-state index is 11.2. The summed E-state index contributed by atoms with van der Waals surface area (Å²) in [5.41, 5.74) is 0.936. The van der Waals surface area contributed by atoms with Crippen LogP contribution in [0, 0.1) is 0 Å². The SMILES string of the molecule is CCCCO[C@@H]1[C@@H](OCc2ccc(OC)cc2)[C@H]([C@H](O)[C@@H](O)c2ccco2)O[C@@H]1C[C@@H]1COC(C)(C)O1. The summed E-state index contributed by atoms with van der Waals surface area (Å²) >= 11 is 0. The molecule has 2 fully saturated rings. The van der Waals surface area contributed by atoms with Crippen LogP contribution in [-0.4, -0.2) is 72.9 Å². The van der Waals surface area contributed by atoms with E-state index in [2.05, 4.69) is 6.92 Å². The molecule has 4 rings (SSSR count). The van der Waals surface area contributed by atoms with Crippen LogP contribution in [0.1, 0.15) is 57.5 Å². The van der Waals surface area contributed by atoms with Gasteiger partial charge in [0.2, 0.25) is 0 Å². The fourth-order valence-electron chi connectivity index (χ4n) is 4.84. The van der Waals surface area contributed by atoms with Gasteiger partial charge in [0.05, 0.1) is 38.8 Å². The van der Waals surface area contributed by atoms with Crippen molar-refractivity contribution in [2.45, 2.75) is 95.2 Å². The average molecular weight is 521 g/mol. The molecule has 0 amide bonds. The summed E-state index contributed by atoms with van der Waals surface area (Å²) in [7, 11) is 1.62. The highest BCUT2D eigenvalue weighted by Crippen LogP contribution is 2.37.